The highest BCUT2D eigenvalue weighted by Crippen LogP contribution is 2.30. The Bertz CT molecular complexity index is 644. The zero-order valence-corrected chi connectivity index (χ0v) is 19.6. The van der Waals surface area contributed by atoms with Gasteiger partial charge in [0.05, 0.1) is 6.54 Å². The molecule has 1 unspecified atom stereocenters. The zero-order valence-electron chi connectivity index (χ0n) is 17.3. The van der Waals surface area contributed by atoms with Gasteiger partial charge in [-0.05, 0) is 38.5 Å². The number of hydrogen-bond donors (Lipinski definition) is 4. The summed E-state index contributed by atoms with van der Waals surface area (Å²) in [7, 11) is 1.71. The van der Waals surface area contributed by atoms with Gasteiger partial charge in [0.15, 0.2) is 5.96 Å². The van der Waals surface area contributed by atoms with E-state index in [1.165, 1.54) is 19.3 Å². The Labute approximate surface area is 189 Å². The molecule has 0 aromatic carbocycles. The highest BCUT2D eigenvalue weighted by molar-refractivity contribution is 14.0. The van der Waals surface area contributed by atoms with Gasteiger partial charge in [0.25, 0.3) is 5.91 Å². The van der Waals surface area contributed by atoms with Crippen LogP contribution < -0.4 is 21.3 Å². The van der Waals surface area contributed by atoms with Crippen molar-refractivity contribution in [2.24, 2.45) is 10.9 Å². The van der Waals surface area contributed by atoms with E-state index in [0.717, 1.165) is 25.7 Å². The van der Waals surface area contributed by atoms with Gasteiger partial charge >= 0.3 is 6.03 Å². The number of carbonyl (C=O) groups excluding carboxylic acids is 3. The fourth-order valence-electron chi connectivity index (χ4n) is 4.53. The molecule has 0 radical (unpaired) electrons. The lowest BCUT2D eigenvalue weighted by Gasteiger charge is -2.39. The fraction of sp³-hybridized carbons (Fsp3) is 0.789. The van der Waals surface area contributed by atoms with Crippen LogP contribution in [0.15, 0.2) is 4.99 Å². The molecule has 164 valence electrons. The van der Waals surface area contributed by atoms with Gasteiger partial charge in [-0.3, -0.25) is 19.9 Å². The summed E-state index contributed by atoms with van der Waals surface area (Å²) in [6.07, 6.45) is 7.29. The van der Waals surface area contributed by atoms with Crippen molar-refractivity contribution in [3.8, 4) is 0 Å². The van der Waals surface area contributed by atoms with Gasteiger partial charge in [0.2, 0.25) is 5.91 Å². The zero-order chi connectivity index (χ0) is 20.1. The second-order valence-corrected chi connectivity index (χ2v) is 8.18. The fourth-order valence-corrected chi connectivity index (χ4v) is 4.53. The minimum absolute atomic E-state index is 0. The van der Waals surface area contributed by atoms with Crippen LogP contribution in [0.5, 0.6) is 0 Å². The molecule has 0 spiro atoms. The molecule has 0 aromatic heterocycles. The number of aliphatic imine (C=N–C) groups is 1. The van der Waals surface area contributed by atoms with Crippen molar-refractivity contribution in [1.82, 2.24) is 26.2 Å². The summed E-state index contributed by atoms with van der Waals surface area (Å²) in [5, 5.41) is 11.4. The number of nitrogens with zero attached hydrogens (tertiary/aromatic N) is 2. The molecule has 4 N–H and O–H groups in total. The van der Waals surface area contributed by atoms with Gasteiger partial charge < -0.3 is 20.9 Å². The number of urea groups is 1. The number of amides is 4. The minimum Gasteiger partial charge on any atom is -0.352 e. The Morgan fingerprint density at radius 3 is 2.38 bits per heavy atom. The average Bonchev–Trinajstić information content (AvgIpc) is 2.96. The Morgan fingerprint density at radius 2 is 1.83 bits per heavy atom. The summed E-state index contributed by atoms with van der Waals surface area (Å²) in [6, 6.07) is -0.120. The summed E-state index contributed by atoms with van der Waals surface area (Å²) >= 11 is 0. The molecule has 3 fully saturated rings. The van der Waals surface area contributed by atoms with E-state index >= 15 is 0 Å². The van der Waals surface area contributed by atoms with Crippen LogP contribution >= 0.6 is 24.0 Å². The van der Waals surface area contributed by atoms with Crippen LogP contribution in [0.1, 0.15) is 51.9 Å². The first-order valence-electron chi connectivity index (χ1n) is 10.3. The smallest absolute Gasteiger partial charge is 0.322 e. The number of piperidine rings is 1. The van der Waals surface area contributed by atoms with Crippen molar-refractivity contribution in [3.63, 3.8) is 0 Å². The maximum atomic E-state index is 12.2. The van der Waals surface area contributed by atoms with E-state index < -0.39 is 11.6 Å². The number of hydrogen-bond acceptors (Lipinski definition) is 4. The maximum absolute atomic E-state index is 12.2. The van der Waals surface area contributed by atoms with Crippen molar-refractivity contribution >= 4 is 47.8 Å². The first kappa shape index (κ1) is 23.7. The second-order valence-electron chi connectivity index (χ2n) is 8.18. The quantitative estimate of drug-likeness (QED) is 0.191. The predicted molar refractivity (Wildman–Crippen MR) is 121 cm³/mol. The van der Waals surface area contributed by atoms with Gasteiger partial charge in [0.1, 0.15) is 5.54 Å². The maximum Gasteiger partial charge on any atom is 0.322 e. The Balaban J connectivity index is 0.00000300. The molecule has 10 heteroatoms. The van der Waals surface area contributed by atoms with E-state index in [1.54, 1.807) is 14.0 Å². The summed E-state index contributed by atoms with van der Waals surface area (Å²) in [5.41, 5.74) is -0.847. The third-order valence-corrected chi connectivity index (χ3v) is 6.27. The molecule has 29 heavy (non-hydrogen) atoms. The molecular weight excluding hydrogens is 487 g/mol. The van der Waals surface area contributed by atoms with E-state index in [0.29, 0.717) is 25.1 Å². The van der Waals surface area contributed by atoms with Crippen LogP contribution in [0.2, 0.25) is 0 Å². The second kappa shape index (κ2) is 10.4. The van der Waals surface area contributed by atoms with Crippen molar-refractivity contribution in [2.45, 2.75) is 63.5 Å². The highest BCUT2D eigenvalue weighted by Gasteiger charge is 2.48. The van der Waals surface area contributed by atoms with E-state index in [4.69, 9.17) is 0 Å². The Morgan fingerprint density at radius 1 is 1.17 bits per heavy atom. The minimum atomic E-state index is -0.847. The van der Waals surface area contributed by atoms with Gasteiger partial charge in [-0.1, -0.05) is 19.3 Å². The largest absolute Gasteiger partial charge is 0.352 e. The molecule has 2 aliphatic heterocycles. The molecule has 0 aromatic rings. The van der Waals surface area contributed by atoms with Gasteiger partial charge in [-0.15, -0.1) is 24.0 Å². The molecule has 1 saturated carbocycles. The molecule has 1 atom stereocenters. The van der Waals surface area contributed by atoms with E-state index in [9.17, 15) is 14.4 Å². The van der Waals surface area contributed by atoms with E-state index in [2.05, 4.69) is 31.2 Å². The first-order chi connectivity index (χ1) is 13.4. The molecule has 3 rings (SSSR count). The summed E-state index contributed by atoms with van der Waals surface area (Å²) in [4.78, 5) is 42.2. The van der Waals surface area contributed by atoms with Gasteiger partial charge in [-0.2, -0.15) is 0 Å². The monoisotopic (exact) mass is 520 g/mol. The van der Waals surface area contributed by atoms with Gasteiger partial charge in [0, 0.05) is 26.2 Å². The van der Waals surface area contributed by atoms with Gasteiger partial charge in [-0.25, -0.2) is 4.79 Å². The van der Waals surface area contributed by atoms with Crippen LogP contribution in [0, 0.1) is 5.92 Å². The molecule has 2 saturated heterocycles. The molecular formula is C19H33IN6O3. The predicted octanol–water partition coefficient (Wildman–Crippen LogP) is 0.939. The normalized spacial score (nSPS) is 26.4. The van der Waals surface area contributed by atoms with Crippen molar-refractivity contribution in [1.29, 1.82) is 0 Å². The molecule has 0 bridgehead atoms. The van der Waals surface area contributed by atoms with E-state index in [-0.39, 0.29) is 48.3 Å². The number of guanidine groups is 1. The highest BCUT2D eigenvalue weighted by atomic mass is 127. The summed E-state index contributed by atoms with van der Waals surface area (Å²) < 4.78 is 0. The van der Waals surface area contributed by atoms with Crippen molar-refractivity contribution < 1.29 is 14.4 Å². The topological polar surface area (TPSA) is 115 Å². The lowest BCUT2D eigenvalue weighted by molar-refractivity contribution is -0.126. The van der Waals surface area contributed by atoms with Crippen molar-refractivity contribution in [3.05, 3.63) is 0 Å². The number of nitrogens with one attached hydrogen (secondary N) is 4. The van der Waals surface area contributed by atoms with Crippen LogP contribution in [-0.2, 0) is 9.59 Å². The summed E-state index contributed by atoms with van der Waals surface area (Å²) in [5.74, 6) is 0.517. The number of rotatable bonds is 4. The lowest BCUT2D eigenvalue weighted by atomic mass is 9.79. The van der Waals surface area contributed by atoms with Crippen molar-refractivity contribution in [2.75, 3.05) is 26.7 Å². The molecule has 1 aliphatic carbocycles. The van der Waals surface area contributed by atoms with Crippen LogP contribution in [0.4, 0.5) is 4.79 Å². The standard InChI is InChI=1S/C19H32N6O3.HI/c1-19(16(27)23-18(28)24-19)13-8-10-25(11-9-13)17(20-2)21-12-15(26)22-14-6-4-3-5-7-14;/h13-14H,3-12H2,1-2H3,(H,20,21)(H,22,26)(H2,23,24,27,28);1H. The van der Waals surface area contributed by atoms with E-state index in [1.807, 2.05) is 0 Å². The first-order valence-corrected chi connectivity index (χ1v) is 10.3. The third-order valence-electron chi connectivity index (χ3n) is 6.27. The molecule has 3 aliphatic rings. The van der Waals surface area contributed by atoms with Crippen LogP contribution in [0.25, 0.3) is 0 Å². The number of carbonyl (C=O) groups is 3. The Kier molecular flexibility index (Phi) is 8.53. The third kappa shape index (κ3) is 5.73. The Hall–Kier alpha value is -1.59. The van der Waals surface area contributed by atoms with Crippen LogP contribution in [-0.4, -0.2) is 67.0 Å². The number of likely N-dealkylation sites (tertiary alicyclic amines) is 1. The molecule has 4 amide bonds. The molecule has 9 nitrogen and oxygen atoms in total. The molecule has 2 heterocycles. The van der Waals surface area contributed by atoms with Crippen LogP contribution in [0.3, 0.4) is 0 Å². The number of halogens is 1. The summed E-state index contributed by atoms with van der Waals surface area (Å²) in [6.45, 7) is 3.43. The lowest BCUT2D eigenvalue weighted by Crippen LogP contribution is -2.56. The number of imide groups is 1. The average molecular weight is 520 g/mol. The SMILES string of the molecule is CN=C(NCC(=O)NC1CCCCC1)N1CCC(C2(C)NC(=O)NC2=O)CC1.I.